The fraction of sp³-hybridized carbons (Fsp3) is 0.240. The van der Waals surface area contributed by atoms with Crippen molar-refractivity contribution in [2.45, 2.75) is 25.5 Å². The Kier molecular flexibility index (Phi) is 6.02. The average Bonchev–Trinajstić information content (AvgIpc) is 3.05. The number of cyclic esters (lactones) is 1. The van der Waals surface area contributed by atoms with Gasteiger partial charge in [-0.25, -0.2) is 14.6 Å². The molecule has 0 radical (unpaired) electrons. The molecular weight excluding hydrogens is 422 g/mol. The molecular formula is C25H25N3O5. The van der Waals surface area contributed by atoms with Crippen molar-refractivity contribution in [3.63, 3.8) is 0 Å². The van der Waals surface area contributed by atoms with E-state index in [1.54, 1.807) is 18.2 Å². The molecule has 2 aromatic carbocycles. The van der Waals surface area contributed by atoms with E-state index in [2.05, 4.69) is 15.6 Å². The summed E-state index contributed by atoms with van der Waals surface area (Å²) in [5, 5.41) is 16.4. The predicted octanol–water partition coefficient (Wildman–Crippen LogP) is 4.16. The molecule has 8 nitrogen and oxygen atoms in total. The highest BCUT2D eigenvalue weighted by atomic mass is 16.6. The van der Waals surface area contributed by atoms with E-state index in [4.69, 9.17) is 9.47 Å². The van der Waals surface area contributed by atoms with Crippen LogP contribution in [0.25, 0.3) is 0 Å². The van der Waals surface area contributed by atoms with E-state index in [0.29, 0.717) is 22.8 Å². The summed E-state index contributed by atoms with van der Waals surface area (Å²) in [6, 6.07) is 16.0. The van der Waals surface area contributed by atoms with Crippen molar-refractivity contribution in [1.82, 2.24) is 4.98 Å². The largest absolute Gasteiger partial charge is 0.465 e. The van der Waals surface area contributed by atoms with Gasteiger partial charge < -0.3 is 25.2 Å². The van der Waals surface area contributed by atoms with Gasteiger partial charge >= 0.3 is 11.9 Å². The van der Waals surface area contributed by atoms with Crippen LogP contribution in [-0.4, -0.2) is 35.7 Å². The Morgan fingerprint density at radius 3 is 2.64 bits per heavy atom. The molecule has 0 saturated carbocycles. The van der Waals surface area contributed by atoms with E-state index in [9.17, 15) is 14.7 Å². The Labute approximate surface area is 191 Å². The van der Waals surface area contributed by atoms with Crippen LogP contribution in [0.2, 0.25) is 0 Å². The van der Waals surface area contributed by atoms with Gasteiger partial charge in [-0.05, 0) is 37.6 Å². The molecule has 0 saturated heterocycles. The van der Waals surface area contributed by atoms with Crippen molar-refractivity contribution >= 4 is 29.1 Å². The van der Waals surface area contributed by atoms with Gasteiger partial charge in [-0.3, -0.25) is 0 Å². The lowest BCUT2D eigenvalue weighted by atomic mass is 9.95. The van der Waals surface area contributed by atoms with Crippen LogP contribution in [0.5, 0.6) is 0 Å². The van der Waals surface area contributed by atoms with Crippen LogP contribution in [0.1, 0.15) is 51.7 Å². The summed E-state index contributed by atoms with van der Waals surface area (Å²) >= 11 is 0. The second-order valence-corrected chi connectivity index (χ2v) is 8.18. The average molecular weight is 447 g/mol. The first kappa shape index (κ1) is 22.3. The molecule has 0 aliphatic carbocycles. The van der Waals surface area contributed by atoms with Crippen molar-refractivity contribution in [2.24, 2.45) is 0 Å². The first-order valence-corrected chi connectivity index (χ1v) is 10.5. The molecule has 0 bridgehead atoms. The van der Waals surface area contributed by atoms with Crippen LogP contribution in [0.15, 0.2) is 60.8 Å². The maximum atomic E-state index is 12.3. The molecule has 2 heterocycles. The maximum absolute atomic E-state index is 12.3. The normalized spacial score (nSPS) is 14.7. The van der Waals surface area contributed by atoms with Crippen LogP contribution < -0.4 is 10.6 Å². The number of aliphatic hydroxyl groups excluding tert-OH is 1. The summed E-state index contributed by atoms with van der Waals surface area (Å²) in [7, 11) is 1.30. The Hall–Kier alpha value is -3.91. The van der Waals surface area contributed by atoms with E-state index >= 15 is 0 Å². The van der Waals surface area contributed by atoms with Crippen molar-refractivity contribution in [1.29, 1.82) is 0 Å². The van der Waals surface area contributed by atoms with Crippen molar-refractivity contribution in [2.75, 3.05) is 24.4 Å². The van der Waals surface area contributed by atoms with Gasteiger partial charge in [0.2, 0.25) is 0 Å². The monoisotopic (exact) mass is 447 g/mol. The maximum Gasteiger partial charge on any atom is 0.341 e. The Morgan fingerprint density at radius 1 is 1.18 bits per heavy atom. The molecule has 1 aromatic heterocycles. The van der Waals surface area contributed by atoms with E-state index < -0.39 is 17.6 Å². The molecule has 0 amide bonds. The van der Waals surface area contributed by atoms with Gasteiger partial charge in [0.1, 0.15) is 17.0 Å². The Morgan fingerprint density at radius 2 is 1.94 bits per heavy atom. The molecule has 1 aliphatic heterocycles. The number of hydrogen-bond acceptors (Lipinski definition) is 8. The lowest BCUT2D eigenvalue weighted by molar-refractivity contribution is 0.00953. The number of pyridine rings is 1. The third kappa shape index (κ3) is 4.51. The molecule has 0 fully saturated rings. The molecule has 4 rings (SSSR count). The summed E-state index contributed by atoms with van der Waals surface area (Å²) in [5.41, 5.74) is 2.89. The third-order valence-electron chi connectivity index (χ3n) is 5.53. The number of aliphatic hydroxyl groups is 1. The number of carbonyl (C=O) groups excluding carboxylic acids is 2. The SMILES string of the molecule is COC(=O)c1cnc(Nc2ccc3c(c2)C(C)(C)OC3=O)cc1N[C@H](CO)c1ccccc1. The van der Waals surface area contributed by atoms with Gasteiger partial charge in [0.05, 0.1) is 31.0 Å². The topological polar surface area (TPSA) is 110 Å². The number of methoxy groups -OCH3 is 1. The minimum atomic E-state index is -0.719. The molecule has 0 spiro atoms. The van der Waals surface area contributed by atoms with Crippen LogP contribution >= 0.6 is 0 Å². The number of aromatic nitrogens is 1. The number of esters is 2. The minimum Gasteiger partial charge on any atom is -0.465 e. The standard InChI is InChI=1S/C25H25N3O5/c1-25(2)19-11-16(9-10-17(19)24(31)33-25)27-22-12-20(18(13-26-22)23(30)32-3)28-21(14-29)15-7-5-4-6-8-15/h4-13,21,29H,14H2,1-3H3,(H2,26,27,28)/t21-/m1/s1. The first-order valence-electron chi connectivity index (χ1n) is 10.5. The number of nitrogens with one attached hydrogen (secondary N) is 2. The zero-order valence-corrected chi connectivity index (χ0v) is 18.6. The van der Waals surface area contributed by atoms with E-state index in [0.717, 1.165) is 11.1 Å². The predicted molar refractivity (Wildman–Crippen MR) is 124 cm³/mol. The highest BCUT2D eigenvalue weighted by molar-refractivity contribution is 5.96. The molecule has 3 N–H and O–H groups in total. The van der Waals surface area contributed by atoms with Gasteiger partial charge in [0.15, 0.2) is 0 Å². The number of benzene rings is 2. The van der Waals surface area contributed by atoms with Gasteiger partial charge in [0, 0.05) is 23.5 Å². The van der Waals surface area contributed by atoms with Crippen molar-refractivity contribution in [3.8, 4) is 0 Å². The summed E-state index contributed by atoms with van der Waals surface area (Å²) in [4.78, 5) is 28.7. The Bertz CT molecular complexity index is 1190. The lowest BCUT2D eigenvalue weighted by Crippen LogP contribution is -2.18. The zero-order chi connectivity index (χ0) is 23.6. The molecule has 8 heteroatoms. The molecule has 170 valence electrons. The van der Waals surface area contributed by atoms with Crippen LogP contribution in [-0.2, 0) is 15.1 Å². The minimum absolute atomic E-state index is 0.177. The number of rotatable bonds is 7. The number of hydrogen-bond donors (Lipinski definition) is 3. The molecule has 1 atom stereocenters. The highest BCUT2D eigenvalue weighted by Crippen LogP contribution is 2.37. The number of anilines is 3. The summed E-state index contributed by atoms with van der Waals surface area (Å²) < 4.78 is 10.3. The lowest BCUT2D eigenvalue weighted by Gasteiger charge is -2.21. The number of carbonyl (C=O) groups is 2. The molecule has 3 aromatic rings. The molecule has 0 unspecified atom stereocenters. The van der Waals surface area contributed by atoms with E-state index in [-0.39, 0.29) is 18.1 Å². The first-order chi connectivity index (χ1) is 15.8. The number of nitrogens with zero attached hydrogens (tertiary/aromatic N) is 1. The van der Waals surface area contributed by atoms with Crippen LogP contribution in [0, 0.1) is 0 Å². The van der Waals surface area contributed by atoms with Crippen molar-refractivity contribution in [3.05, 3.63) is 83.0 Å². The molecule has 1 aliphatic rings. The smallest absolute Gasteiger partial charge is 0.341 e. The Balaban J connectivity index is 1.65. The quantitative estimate of drug-likeness (QED) is 0.463. The van der Waals surface area contributed by atoms with Gasteiger partial charge in [-0.15, -0.1) is 0 Å². The van der Waals surface area contributed by atoms with Crippen molar-refractivity contribution < 1.29 is 24.2 Å². The molecule has 33 heavy (non-hydrogen) atoms. The summed E-state index contributed by atoms with van der Waals surface area (Å²) in [5.74, 6) is -0.418. The second-order valence-electron chi connectivity index (χ2n) is 8.18. The number of ether oxygens (including phenoxy) is 2. The summed E-state index contributed by atoms with van der Waals surface area (Å²) in [6.07, 6.45) is 1.42. The van der Waals surface area contributed by atoms with Gasteiger partial charge in [-0.1, -0.05) is 30.3 Å². The van der Waals surface area contributed by atoms with E-state index in [1.807, 2.05) is 50.2 Å². The third-order valence-corrected chi connectivity index (χ3v) is 5.53. The fourth-order valence-corrected chi connectivity index (χ4v) is 3.81. The number of fused-ring (bicyclic) bond motifs is 1. The van der Waals surface area contributed by atoms with Crippen LogP contribution in [0.4, 0.5) is 17.2 Å². The summed E-state index contributed by atoms with van der Waals surface area (Å²) in [6.45, 7) is 3.50. The zero-order valence-electron chi connectivity index (χ0n) is 18.6. The van der Waals surface area contributed by atoms with Gasteiger partial charge in [0.25, 0.3) is 0 Å². The second kappa shape index (κ2) is 8.91. The fourth-order valence-electron chi connectivity index (χ4n) is 3.81. The highest BCUT2D eigenvalue weighted by Gasteiger charge is 2.37. The van der Waals surface area contributed by atoms with Gasteiger partial charge in [-0.2, -0.15) is 0 Å². The van der Waals surface area contributed by atoms with Crippen LogP contribution in [0.3, 0.4) is 0 Å². The van der Waals surface area contributed by atoms with E-state index in [1.165, 1.54) is 13.3 Å².